The zero-order valence-electron chi connectivity index (χ0n) is 30.2. The lowest BCUT2D eigenvalue weighted by Crippen LogP contribution is -2.59. The number of amides is 4. The van der Waals surface area contributed by atoms with Crippen LogP contribution in [0.15, 0.2) is 91.3 Å². The zero-order chi connectivity index (χ0) is 36.8. The molecule has 3 aromatic carbocycles. The lowest BCUT2D eigenvalue weighted by Gasteiger charge is -2.34. The molecule has 0 aliphatic carbocycles. The van der Waals surface area contributed by atoms with E-state index in [4.69, 9.17) is 4.74 Å². The number of nitrogens with one attached hydrogen (secondary N) is 4. The maximum Gasteiger partial charge on any atom is 0.247 e. The van der Waals surface area contributed by atoms with Crippen LogP contribution in [0.4, 0.5) is 0 Å². The molecular weight excluding hydrogens is 656 g/mol. The summed E-state index contributed by atoms with van der Waals surface area (Å²) in [6.45, 7) is 4.37. The molecule has 1 fully saturated rings. The van der Waals surface area contributed by atoms with Crippen LogP contribution in [0.25, 0.3) is 17.0 Å². The number of likely N-dealkylation sites (tertiary alicyclic amines) is 1. The van der Waals surface area contributed by atoms with Gasteiger partial charge in [0, 0.05) is 29.8 Å². The molecule has 4 aromatic rings. The minimum Gasteiger partial charge on any atom is -0.483 e. The first-order chi connectivity index (χ1) is 25.1. The molecule has 3 aliphatic rings. The largest absolute Gasteiger partial charge is 0.483 e. The number of nitrogens with zero attached hydrogens (tertiary/aromatic N) is 2. The van der Waals surface area contributed by atoms with Gasteiger partial charge < -0.3 is 30.6 Å². The Bertz CT molecular complexity index is 1900. The molecule has 2 bridgehead atoms. The Morgan fingerprint density at radius 1 is 0.962 bits per heavy atom. The van der Waals surface area contributed by atoms with Crippen LogP contribution in [0.1, 0.15) is 55.9 Å². The summed E-state index contributed by atoms with van der Waals surface area (Å²) in [5, 5.41) is 9.79. The fraction of sp³-hybridized carbons (Fsp3) is 0.366. The maximum atomic E-state index is 14.4. The van der Waals surface area contributed by atoms with Gasteiger partial charge in [0.1, 0.15) is 23.9 Å². The standard InChI is InChI=1S/C41H48N6O5/c1-26(2)23-33-38(48)42-21-20-27-16-18-30(19-17-27)52-37(28-11-6-5-7-12-28)36(40(50)44-33)45-39(49)34-15-10-22-47(34)41(51)35(46(3)4)24-29-25-43-32-14-9-8-13-31(29)32/h5-9,11-14,16-21,25-26,33-37,43H,10,15,22-24H2,1-4H3,(H,42,48)(H,44,50)(H,45,49). The van der Waals surface area contributed by atoms with Crippen LogP contribution in [0.2, 0.25) is 0 Å². The number of hydrogen-bond acceptors (Lipinski definition) is 6. The molecule has 0 spiro atoms. The van der Waals surface area contributed by atoms with Crippen molar-refractivity contribution >= 4 is 40.6 Å². The van der Waals surface area contributed by atoms with Crippen LogP contribution in [-0.4, -0.2) is 83.2 Å². The number of carbonyl (C=O) groups is 4. The Balaban J connectivity index is 1.31. The number of benzene rings is 3. The van der Waals surface area contributed by atoms with Gasteiger partial charge in [0.15, 0.2) is 6.10 Å². The second-order valence-corrected chi connectivity index (χ2v) is 14.3. The molecule has 272 valence electrons. The van der Waals surface area contributed by atoms with Gasteiger partial charge in [-0.3, -0.25) is 24.1 Å². The monoisotopic (exact) mass is 704 g/mol. The van der Waals surface area contributed by atoms with Gasteiger partial charge in [-0.25, -0.2) is 0 Å². The number of likely N-dealkylation sites (N-methyl/N-ethyl adjacent to an activating group) is 1. The van der Waals surface area contributed by atoms with Crippen molar-refractivity contribution in [2.24, 2.45) is 5.92 Å². The predicted octanol–water partition coefficient (Wildman–Crippen LogP) is 4.57. The fourth-order valence-corrected chi connectivity index (χ4v) is 7.08. The van der Waals surface area contributed by atoms with Gasteiger partial charge in [-0.05, 0) is 86.7 Å². The quantitative estimate of drug-likeness (QED) is 0.202. The molecule has 11 nitrogen and oxygen atoms in total. The molecule has 11 heteroatoms. The number of hydrogen-bond donors (Lipinski definition) is 4. The molecule has 1 aromatic heterocycles. The third-order valence-electron chi connectivity index (χ3n) is 9.83. The Morgan fingerprint density at radius 2 is 1.69 bits per heavy atom. The van der Waals surface area contributed by atoms with E-state index < -0.39 is 42.1 Å². The predicted molar refractivity (Wildman–Crippen MR) is 201 cm³/mol. The van der Waals surface area contributed by atoms with Gasteiger partial charge in [0.25, 0.3) is 0 Å². The first-order valence-electron chi connectivity index (χ1n) is 18.0. The van der Waals surface area contributed by atoms with Gasteiger partial charge in [0.05, 0.1) is 6.04 Å². The summed E-state index contributed by atoms with van der Waals surface area (Å²) in [5.41, 5.74) is 3.53. The van der Waals surface area contributed by atoms with Crippen molar-refractivity contribution in [3.05, 3.63) is 108 Å². The highest BCUT2D eigenvalue weighted by Gasteiger charge is 2.42. The van der Waals surface area contributed by atoms with E-state index in [-0.39, 0.29) is 17.7 Å². The van der Waals surface area contributed by atoms with E-state index in [1.54, 1.807) is 29.3 Å². The van der Waals surface area contributed by atoms with Crippen molar-refractivity contribution in [1.82, 2.24) is 30.7 Å². The number of aromatic amines is 1. The fourth-order valence-electron chi connectivity index (χ4n) is 7.08. The Kier molecular flexibility index (Phi) is 11.4. The molecule has 5 unspecified atom stereocenters. The van der Waals surface area contributed by atoms with E-state index in [1.165, 1.54) is 0 Å². The van der Waals surface area contributed by atoms with Gasteiger partial charge in [-0.15, -0.1) is 0 Å². The van der Waals surface area contributed by atoms with Gasteiger partial charge >= 0.3 is 0 Å². The second-order valence-electron chi connectivity index (χ2n) is 14.3. The second kappa shape index (κ2) is 16.3. The molecule has 0 radical (unpaired) electrons. The number of carbonyl (C=O) groups excluding carboxylic acids is 4. The smallest absolute Gasteiger partial charge is 0.247 e. The van der Waals surface area contributed by atoms with Crippen molar-refractivity contribution in [3.8, 4) is 5.75 Å². The van der Waals surface area contributed by atoms with Gasteiger partial charge in [-0.1, -0.05) is 74.5 Å². The van der Waals surface area contributed by atoms with E-state index in [2.05, 4.69) is 20.9 Å². The van der Waals surface area contributed by atoms with E-state index in [1.807, 2.05) is 106 Å². The summed E-state index contributed by atoms with van der Waals surface area (Å²) in [4.78, 5) is 63.4. The van der Waals surface area contributed by atoms with Crippen molar-refractivity contribution in [2.75, 3.05) is 20.6 Å². The molecule has 4 heterocycles. The molecule has 5 atom stereocenters. The maximum absolute atomic E-state index is 14.4. The van der Waals surface area contributed by atoms with Crippen molar-refractivity contribution in [2.45, 2.75) is 69.8 Å². The third kappa shape index (κ3) is 8.37. The Labute approximate surface area is 304 Å². The molecular formula is C41H48N6O5. The van der Waals surface area contributed by atoms with Crippen LogP contribution in [0.3, 0.4) is 0 Å². The molecule has 3 aliphatic heterocycles. The highest BCUT2D eigenvalue weighted by Crippen LogP contribution is 2.29. The number of para-hydroxylation sites is 1. The summed E-state index contributed by atoms with van der Waals surface area (Å²) in [5.74, 6) is -0.951. The average molecular weight is 705 g/mol. The first-order valence-corrected chi connectivity index (χ1v) is 18.0. The molecule has 1 saturated heterocycles. The topological polar surface area (TPSA) is 136 Å². The molecule has 4 N–H and O–H groups in total. The third-order valence-corrected chi connectivity index (χ3v) is 9.83. The SMILES string of the molecule is CC(C)CC1NC(=O)C(NC(=O)C2CCCN2C(=O)C(Cc2c[nH]c3ccccc23)N(C)C)C(c2ccccc2)Oc2ccc(cc2)C=CNC1=O. The van der Waals surface area contributed by atoms with Crippen LogP contribution < -0.4 is 20.7 Å². The Morgan fingerprint density at radius 3 is 2.42 bits per heavy atom. The van der Waals surface area contributed by atoms with Crippen molar-refractivity contribution in [1.29, 1.82) is 0 Å². The first kappa shape index (κ1) is 36.4. The lowest BCUT2D eigenvalue weighted by molar-refractivity contribution is -0.143. The van der Waals surface area contributed by atoms with Crippen LogP contribution in [-0.2, 0) is 25.6 Å². The van der Waals surface area contributed by atoms with Crippen molar-refractivity contribution < 1.29 is 23.9 Å². The molecule has 7 rings (SSSR count). The zero-order valence-corrected chi connectivity index (χ0v) is 30.2. The average Bonchev–Trinajstić information content (AvgIpc) is 3.80. The lowest BCUT2D eigenvalue weighted by atomic mass is 9.98. The number of rotatable bonds is 9. The highest BCUT2D eigenvalue weighted by atomic mass is 16.5. The minimum absolute atomic E-state index is 0.0897. The van der Waals surface area contributed by atoms with Crippen LogP contribution in [0.5, 0.6) is 5.75 Å². The number of H-pyrrole nitrogens is 1. The Hall–Kier alpha value is -5.42. The van der Waals surface area contributed by atoms with E-state index in [0.29, 0.717) is 43.5 Å². The van der Waals surface area contributed by atoms with Gasteiger partial charge in [-0.2, -0.15) is 0 Å². The molecule has 0 saturated carbocycles. The summed E-state index contributed by atoms with van der Waals surface area (Å²) in [6, 6.07) is 21.1. The normalized spacial score (nSPS) is 21.5. The van der Waals surface area contributed by atoms with E-state index in [9.17, 15) is 19.2 Å². The highest BCUT2D eigenvalue weighted by molar-refractivity contribution is 5.96. The number of fused-ring (bicyclic) bond motifs is 11. The van der Waals surface area contributed by atoms with Crippen LogP contribution in [0, 0.1) is 5.92 Å². The summed E-state index contributed by atoms with van der Waals surface area (Å²) in [7, 11) is 3.74. The molecule has 4 amide bonds. The van der Waals surface area contributed by atoms with E-state index in [0.717, 1.165) is 22.0 Å². The van der Waals surface area contributed by atoms with E-state index >= 15 is 0 Å². The van der Waals surface area contributed by atoms with Crippen LogP contribution >= 0.6 is 0 Å². The summed E-state index contributed by atoms with van der Waals surface area (Å²) >= 11 is 0. The number of aromatic nitrogens is 1. The summed E-state index contributed by atoms with van der Waals surface area (Å²) in [6.07, 6.45) is 6.24. The minimum atomic E-state index is -1.25. The van der Waals surface area contributed by atoms with Gasteiger partial charge in [0.2, 0.25) is 23.6 Å². The van der Waals surface area contributed by atoms with Crippen molar-refractivity contribution in [3.63, 3.8) is 0 Å². The molecule has 52 heavy (non-hydrogen) atoms. The number of ether oxygens (including phenoxy) is 1. The summed E-state index contributed by atoms with van der Waals surface area (Å²) < 4.78 is 6.54.